The van der Waals surface area contributed by atoms with Gasteiger partial charge < -0.3 is 39.0 Å². The van der Waals surface area contributed by atoms with Gasteiger partial charge in [0.2, 0.25) is 0 Å². The number of ether oxygens (including phenoxy) is 1. The van der Waals surface area contributed by atoms with Crippen molar-refractivity contribution >= 4 is 5.69 Å². The van der Waals surface area contributed by atoms with E-state index >= 15 is 0 Å². The second-order valence-electron chi connectivity index (χ2n) is 25.5. The van der Waals surface area contributed by atoms with Crippen LogP contribution >= 0.6 is 0 Å². The standard InChI is InChI=1S/C10H19N.C10H13N.C9H17N.C8H15N.C6H13N.2C5H11N.C4H10N2.C3H7NO.5C2H6/c2*1-11-8-4-6-9-5-2-3-7-10(9)11;1-10-7-5-9(6-8-10)3-2-4-9;1-9-7-3-2-4-8(9)6-5-7;1-3-6-4-7(2)5-6;3*1-5-3-6(2)4-5;1-4-2-5-3-4;5*1-2/h9-10H,2-8H2,1H3;2-3,5,7H,4,6,8H2,1H3;2-8H2,1H3;7-8H,2-6H2,1H3;6H,3-5H2,1-2H3;2*5H,3-4H2,1-2H3;3-4H2,1-2H3;2-3H2,1H3;5*1-2H3. The second kappa shape index (κ2) is 47.7. The van der Waals surface area contributed by atoms with Gasteiger partial charge in [0.05, 0.1) is 13.3 Å². The Bertz CT molecular complexity index is 1450. The van der Waals surface area contributed by atoms with Crippen LogP contribution in [0.3, 0.4) is 0 Å². The topological polar surface area (TPSA) is 41.6 Å². The molecule has 0 amide bonds. The van der Waals surface area contributed by atoms with Crippen LogP contribution in [0.5, 0.6) is 0 Å². The number of rotatable bonds is 1. The fraction of sp³-hybridized carbons (Fsp3) is 0.914. The molecule has 10 aliphatic heterocycles. The van der Waals surface area contributed by atoms with Gasteiger partial charge in [0.25, 0.3) is 0 Å². The first kappa shape index (κ1) is 79.6. The molecule has 0 N–H and O–H groups in total. The molecule has 11 heteroatoms. The van der Waals surface area contributed by atoms with Crippen molar-refractivity contribution in [1.82, 2.24) is 44.1 Å². The maximum Gasteiger partial charge on any atom is 0.102 e. The lowest BCUT2D eigenvalue weighted by atomic mass is 9.63. The number of hydrogen-bond acceptors (Lipinski definition) is 11. The summed E-state index contributed by atoms with van der Waals surface area (Å²) in [4.78, 5) is 23.6. The van der Waals surface area contributed by atoms with E-state index in [0.29, 0.717) is 0 Å². The Labute approximate surface area is 509 Å². The summed E-state index contributed by atoms with van der Waals surface area (Å²) in [6.45, 7) is 43.9. The average Bonchev–Trinajstić information content (AvgIpc) is 3.61. The molecule has 13 rings (SSSR count). The van der Waals surface area contributed by atoms with Crippen molar-refractivity contribution in [2.24, 2.45) is 29.1 Å². The van der Waals surface area contributed by atoms with Crippen LogP contribution in [0.1, 0.15) is 211 Å². The van der Waals surface area contributed by atoms with Crippen molar-refractivity contribution in [3.63, 3.8) is 0 Å². The number of nitrogens with zero attached hydrogens (tertiary/aromatic N) is 10. The van der Waals surface area contributed by atoms with Crippen LogP contribution in [0.25, 0.3) is 0 Å². The third-order valence-corrected chi connectivity index (χ3v) is 18.2. The lowest BCUT2D eigenvalue weighted by molar-refractivity contribution is -0.128. The highest BCUT2D eigenvalue weighted by atomic mass is 16.5. The van der Waals surface area contributed by atoms with E-state index in [0.717, 1.165) is 74.0 Å². The molecular formula is C70H146N10O. The van der Waals surface area contributed by atoms with Crippen molar-refractivity contribution in [2.75, 3.05) is 168 Å². The molecule has 1 aromatic carbocycles. The molecule has 9 saturated heterocycles. The third-order valence-electron chi connectivity index (χ3n) is 18.2. The minimum atomic E-state index is 0.819. The number of benzene rings is 1. The molecule has 11 fully saturated rings. The van der Waals surface area contributed by atoms with Crippen LogP contribution in [0, 0.1) is 29.1 Å². The Balaban J connectivity index is 0.000000880. The first-order valence-electron chi connectivity index (χ1n) is 34.6. The SMILES string of the molecule is CC.CC.CC.CC.CC.CC1CN(C)C1.CC1CN(C)C1.CCC1CN(C)C1.CN1C2CCCC1CC2.CN1CCC2(CCC2)CC1.CN1CCCC2CCCCC21.CN1CCCc2ccccc21.CN1CN(C)C1.CN1COC1. The zero-order chi connectivity index (χ0) is 61.3. The Morgan fingerprint density at radius 3 is 1.26 bits per heavy atom. The molecule has 482 valence electrons. The van der Waals surface area contributed by atoms with E-state index in [-0.39, 0.29) is 0 Å². The molecule has 1 aromatic rings. The Morgan fingerprint density at radius 1 is 0.457 bits per heavy atom. The fourth-order valence-electron chi connectivity index (χ4n) is 13.4. The molecule has 81 heavy (non-hydrogen) atoms. The largest absolute Gasteiger partial charge is 0.374 e. The Hall–Kier alpha value is -1.38. The van der Waals surface area contributed by atoms with Gasteiger partial charge in [-0.1, -0.05) is 140 Å². The van der Waals surface area contributed by atoms with E-state index in [1.54, 1.807) is 0 Å². The minimum Gasteiger partial charge on any atom is -0.374 e. The summed E-state index contributed by atoms with van der Waals surface area (Å²) in [5, 5.41) is 0. The van der Waals surface area contributed by atoms with Gasteiger partial charge >= 0.3 is 0 Å². The van der Waals surface area contributed by atoms with Crippen molar-refractivity contribution in [1.29, 1.82) is 0 Å². The quantitative estimate of drug-likeness (QED) is 0.270. The maximum absolute atomic E-state index is 4.76. The van der Waals surface area contributed by atoms with Crippen molar-refractivity contribution < 1.29 is 4.74 Å². The highest BCUT2D eigenvalue weighted by Gasteiger charge is 2.38. The van der Waals surface area contributed by atoms with Gasteiger partial charge in [0, 0.05) is 76.7 Å². The third kappa shape index (κ3) is 32.3. The molecule has 12 aliphatic rings. The molecule has 0 radical (unpaired) electrons. The van der Waals surface area contributed by atoms with Crippen LogP contribution in [0.15, 0.2) is 24.3 Å². The normalized spacial score (nSPS) is 26.6. The molecule has 2 aliphatic carbocycles. The fourth-order valence-corrected chi connectivity index (χ4v) is 13.4. The lowest BCUT2D eigenvalue weighted by Crippen LogP contribution is -2.50. The molecule has 11 nitrogen and oxygen atoms in total. The van der Waals surface area contributed by atoms with Crippen LogP contribution in [0.4, 0.5) is 5.69 Å². The number of hydrogen-bond donors (Lipinski definition) is 0. The maximum atomic E-state index is 4.76. The summed E-state index contributed by atoms with van der Waals surface area (Å²) >= 11 is 0. The minimum absolute atomic E-state index is 0.819. The first-order valence-corrected chi connectivity index (χ1v) is 34.6. The molecule has 4 unspecified atom stereocenters. The molecular weight excluding hydrogens is 997 g/mol. The van der Waals surface area contributed by atoms with E-state index in [1.165, 1.54) is 199 Å². The van der Waals surface area contributed by atoms with Gasteiger partial charge in [-0.3, -0.25) is 14.7 Å². The molecule has 2 bridgehead atoms. The zero-order valence-corrected chi connectivity index (χ0v) is 59.1. The molecule has 10 heterocycles. The smallest absolute Gasteiger partial charge is 0.102 e. The van der Waals surface area contributed by atoms with Crippen molar-refractivity contribution in [3.05, 3.63) is 29.8 Å². The molecule has 2 saturated carbocycles. The predicted octanol–water partition coefficient (Wildman–Crippen LogP) is 14.7. The Morgan fingerprint density at radius 2 is 0.926 bits per heavy atom. The van der Waals surface area contributed by atoms with Gasteiger partial charge in [0.15, 0.2) is 0 Å². The van der Waals surface area contributed by atoms with Gasteiger partial charge in [-0.2, -0.15) is 0 Å². The highest BCUT2D eigenvalue weighted by molar-refractivity contribution is 5.54. The average molecular weight is 1140 g/mol. The monoisotopic (exact) mass is 1140 g/mol. The molecule has 0 aromatic heterocycles. The van der Waals surface area contributed by atoms with Crippen LogP contribution in [-0.2, 0) is 11.2 Å². The highest BCUT2D eigenvalue weighted by Crippen LogP contribution is 2.48. The van der Waals surface area contributed by atoms with E-state index in [4.69, 9.17) is 4.74 Å². The number of aryl methyl sites for hydroxylation is 1. The number of fused-ring (bicyclic) bond motifs is 4. The van der Waals surface area contributed by atoms with E-state index in [1.807, 2.05) is 76.3 Å². The summed E-state index contributed by atoms with van der Waals surface area (Å²) in [7, 11) is 21.7. The van der Waals surface area contributed by atoms with E-state index < -0.39 is 0 Å². The Kier molecular flexibility index (Phi) is 46.9. The number of para-hydroxylation sites is 1. The van der Waals surface area contributed by atoms with Gasteiger partial charge in [-0.25, -0.2) is 0 Å². The summed E-state index contributed by atoms with van der Waals surface area (Å²) in [5.74, 6) is 4.01. The number of piperidine rings is 3. The van der Waals surface area contributed by atoms with Crippen LogP contribution in [0.2, 0.25) is 0 Å². The second-order valence-corrected chi connectivity index (χ2v) is 25.5. The van der Waals surface area contributed by atoms with Gasteiger partial charge in [-0.05, 0) is 214 Å². The molecule has 1 spiro atoms. The number of anilines is 1. The zero-order valence-electron chi connectivity index (χ0n) is 59.1. The summed E-state index contributed by atoms with van der Waals surface area (Å²) in [6.07, 6.45) is 27.7. The number of likely N-dealkylation sites (tertiary alicyclic amines) is 5. The lowest BCUT2D eigenvalue weighted by Gasteiger charge is -2.47. The van der Waals surface area contributed by atoms with Crippen LogP contribution in [-0.4, -0.2) is 225 Å². The van der Waals surface area contributed by atoms with E-state index in [9.17, 15) is 0 Å². The van der Waals surface area contributed by atoms with Crippen molar-refractivity contribution in [3.8, 4) is 0 Å². The van der Waals surface area contributed by atoms with E-state index in [2.05, 4.69) is 157 Å². The summed E-state index contributed by atoms with van der Waals surface area (Å²) in [6, 6.07) is 11.5. The summed E-state index contributed by atoms with van der Waals surface area (Å²) in [5.41, 5.74) is 3.76. The summed E-state index contributed by atoms with van der Waals surface area (Å²) < 4.78 is 4.76. The van der Waals surface area contributed by atoms with Crippen molar-refractivity contribution in [2.45, 2.75) is 230 Å². The van der Waals surface area contributed by atoms with Gasteiger partial charge in [0.1, 0.15) is 13.5 Å². The first-order chi connectivity index (χ1) is 39.0. The predicted molar refractivity (Wildman–Crippen MR) is 362 cm³/mol. The van der Waals surface area contributed by atoms with Gasteiger partial charge in [-0.15, -0.1) is 0 Å². The van der Waals surface area contributed by atoms with Crippen LogP contribution < -0.4 is 4.90 Å². The molecule has 4 atom stereocenters.